The summed E-state index contributed by atoms with van der Waals surface area (Å²) in [5.74, 6) is -1.43. The van der Waals surface area contributed by atoms with E-state index in [9.17, 15) is 18.0 Å². The topological polar surface area (TPSA) is 43.1 Å². The van der Waals surface area contributed by atoms with E-state index in [0.717, 1.165) is 6.08 Å². The highest BCUT2D eigenvalue weighted by Gasteiger charge is 2.36. The fourth-order valence-corrected chi connectivity index (χ4v) is 0.560. The van der Waals surface area contributed by atoms with Crippen molar-refractivity contribution in [3.05, 3.63) is 11.6 Å². The summed E-state index contributed by atoms with van der Waals surface area (Å²) < 4.78 is 35.4. The maximum Gasteiger partial charge on any atom is 0.421 e. The molecule has 11 heavy (non-hydrogen) atoms. The molecule has 0 radical (unpaired) electrons. The van der Waals surface area contributed by atoms with E-state index in [1.165, 1.54) is 6.92 Å². The van der Waals surface area contributed by atoms with Gasteiger partial charge in [-0.1, -0.05) is 13.0 Å². The Bertz CT molecular complexity index is 183. The average molecular weight is 167 g/mol. The van der Waals surface area contributed by atoms with Crippen molar-refractivity contribution in [1.82, 2.24) is 0 Å². The first-order valence-electron chi connectivity index (χ1n) is 2.96. The Balaban J connectivity index is 4.63. The van der Waals surface area contributed by atoms with Crippen molar-refractivity contribution in [2.24, 2.45) is 5.73 Å². The SMILES string of the molecule is CC/C=C(/C(N)=O)C(F)(F)F. The normalized spacial score (nSPS) is 13.3. The molecule has 0 fully saturated rings. The molecule has 0 atom stereocenters. The lowest BCUT2D eigenvalue weighted by Gasteiger charge is -2.06. The van der Waals surface area contributed by atoms with E-state index in [0.29, 0.717) is 0 Å². The molecular formula is C6H8F3NO. The van der Waals surface area contributed by atoms with Crippen LogP contribution in [0.15, 0.2) is 11.6 Å². The Morgan fingerprint density at radius 2 is 2.00 bits per heavy atom. The smallest absolute Gasteiger partial charge is 0.366 e. The molecule has 0 saturated carbocycles. The number of primary amides is 1. The molecule has 2 N–H and O–H groups in total. The lowest BCUT2D eigenvalue weighted by atomic mass is 10.2. The Morgan fingerprint density at radius 1 is 1.55 bits per heavy atom. The summed E-state index contributed by atoms with van der Waals surface area (Å²) in [7, 11) is 0. The molecule has 0 aliphatic heterocycles. The molecule has 0 aromatic carbocycles. The molecule has 0 rings (SSSR count). The molecule has 2 nitrogen and oxygen atoms in total. The minimum atomic E-state index is -4.62. The third-order valence-corrected chi connectivity index (χ3v) is 0.979. The van der Waals surface area contributed by atoms with Crippen LogP contribution in [-0.4, -0.2) is 12.1 Å². The van der Waals surface area contributed by atoms with Crippen LogP contribution >= 0.6 is 0 Å². The van der Waals surface area contributed by atoms with Crippen LogP contribution in [0.25, 0.3) is 0 Å². The fourth-order valence-electron chi connectivity index (χ4n) is 0.560. The molecule has 0 aliphatic rings. The standard InChI is InChI=1S/C6H8F3NO/c1-2-3-4(5(10)11)6(7,8)9/h3H,2H2,1H3,(H2,10,11)/b4-3-. The van der Waals surface area contributed by atoms with Crippen molar-refractivity contribution in [3.8, 4) is 0 Å². The van der Waals surface area contributed by atoms with E-state index in [4.69, 9.17) is 0 Å². The third-order valence-electron chi connectivity index (χ3n) is 0.979. The van der Waals surface area contributed by atoms with E-state index < -0.39 is 17.7 Å². The van der Waals surface area contributed by atoms with Crippen LogP contribution in [0.1, 0.15) is 13.3 Å². The molecule has 0 aromatic rings. The van der Waals surface area contributed by atoms with Gasteiger partial charge in [-0.05, 0) is 6.42 Å². The predicted molar refractivity (Wildman–Crippen MR) is 33.6 cm³/mol. The van der Waals surface area contributed by atoms with Crippen molar-refractivity contribution >= 4 is 5.91 Å². The summed E-state index contributed by atoms with van der Waals surface area (Å²) in [5.41, 5.74) is 3.20. The lowest BCUT2D eigenvalue weighted by molar-refractivity contribution is -0.128. The first-order valence-corrected chi connectivity index (χ1v) is 2.96. The van der Waals surface area contributed by atoms with E-state index in [2.05, 4.69) is 5.73 Å². The number of carbonyl (C=O) groups excluding carboxylic acids is 1. The molecule has 0 unspecified atom stereocenters. The maximum absolute atomic E-state index is 11.8. The zero-order valence-corrected chi connectivity index (χ0v) is 5.90. The molecule has 0 saturated heterocycles. The van der Waals surface area contributed by atoms with Crippen molar-refractivity contribution in [1.29, 1.82) is 0 Å². The van der Waals surface area contributed by atoms with Crippen LogP contribution in [0.5, 0.6) is 0 Å². The number of alkyl halides is 3. The number of amides is 1. The minimum Gasteiger partial charge on any atom is -0.366 e. The molecular weight excluding hydrogens is 159 g/mol. The van der Waals surface area contributed by atoms with Gasteiger partial charge in [-0.25, -0.2) is 0 Å². The van der Waals surface area contributed by atoms with Crippen LogP contribution < -0.4 is 5.73 Å². The number of carbonyl (C=O) groups is 1. The highest BCUT2D eigenvalue weighted by molar-refractivity contribution is 5.93. The van der Waals surface area contributed by atoms with Crippen LogP contribution in [0.3, 0.4) is 0 Å². The van der Waals surface area contributed by atoms with E-state index >= 15 is 0 Å². The number of allylic oxidation sites excluding steroid dienone is 1. The Morgan fingerprint density at radius 3 is 2.09 bits per heavy atom. The molecule has 5 heteroatoms. The molecule has 0 bridgehead atoms. The highest BCUT2D eigenvalue weighted by Crippen LogP contribution is 2.25. The quantitative estimate of drug-likeness (QED) is 0.620. The Hall–Kier alpha value is -1.00. The summed E-state index contributed by atoms with van der Waals surface area (Å²) in [6, 6.07) is 0. The van der Waals surface area contributed by atoms with Crippen LogP contribution in [0.4, 0.5) is 13.2 Å². The number of nitrogens with two attached hydrogens (primary N) is 1. The van der Waals surface area contributed by atoms with Crippen molar-refractivity contribution in [2.75, 3.05) is 0 Å². The summed E-state index contributed by atoms with van der Waals surface area (Å²) in [6.45, 7) is 1.49. The van der Waals surface area contributed by atoms with Crippen LogP contribution in [0.2, 0.25) is 0 Å². The summed E-state index contributed by atoms with van der Waals surface area (Å²) in [5, 5.41) is 0. The number of hydrogen-bond acceptors (Lipinski definition) is 1. The highest BCUT2D eigenvalue weighted by atomic mass is 19.4. The van der Waals surface area contributed by atoms with E-state index in [-0.39, 0.29) is 6.42 Å². The molecule has 0 heterocycles. The second kappa shape index (κ2) is 3.41. The first kappa shape index (κ1) is 10.0. The third kappa shape index (κ3) is 3.06. The Kier molecular flexibility index (Phi) is 3.10. The van der Waals surface area contributed by atoms with Gasteiger partial charge < -0.3 is 5.73 Å². The van der Waals surface area contributed by atoms with Crippen LogP contribution in [0, 0.1) is 0 Å². The largest absolute Gasteiger partial charge is 0.421 e. The van der Waals surface area contributed by atoms with Crippen molar-refractivity contribution < 1.29 is 18.0 Å². The van der Waals surface area contributed by atoms with E-state index in [1.54, 1.807) is 0 Å². The number of halogens is 3. The van der Waals surface area contributed by atoms with Crippen molar-refractivity contribution in [2.45, 2.75) is 19.5 Å². The van der Waals surface area contributed by atoms with Gasteiger partial charge in [0.25, 0.3) is 5.91 Å². The molecule has 64 valence electrons. The van der Waals surface area contributed by atoms with Gasteiger partial charge in [0.05, 0.1) is 0 Å². The van der Waals surface area contributed by atoms with Gasteiger partial charge in [-0.3, -0.25) is 4.79 Å². The minimum absolute atomic E-state index is 0.137. The molecule has 0 aromatic heterocycles. The summed E-state index contributed by atoms with van der Waals surface area (Å²) in [6.07, 6.45) is -3.72. The summed E-state index contributed by atoms with van der Waals surface area (Å²) in [4.78, 5) is 10.2. The van der Waals surface area contributed by atoms with Gasteiger partial charge in [0.15, 0.2) is 0 Å². The lowest BCUT2D eigenvalue weighted by Crippen LogP contribution is -2.25. The second-order valence-electron chi connectivity index (χ2n) is 1.89. The summed E-state index contributed by atoms with van der Waals surface area (Å²) >= 11 is 0. The molecule has 1 amide bonds. The zero-order chi connectivity index (χ0) is 9.07. The first-order chi connectivity index (χ1) is 4.89. The number of hydrogen-bond donors (Lipinski definition) is 1. The van der Waals surface area contributed by atoms with E-state index in [1.807, 2.05) is 0 Å². The number of rotatable bonds is 2. The van der Waals surface area contributed by atoms with Crippen LogP contribution in [-0.2, 0) is 4.79 Å². The van der Waals surface area contributed by atoms with Gasteiger partial charge in [0.2, 0.25) is 0 Å². The monoisotopic (exact) mass is 167 g/mol. The van der Waals surface area contributed by atoms with Gasteiger partial charge in [0, 0.05) is 0 Å². The molecule has 0 spiro atoms. The fraction of sp³-hybridized carbons (Fsp3) is 0.500. The predicted octanol–water partition coefficient (Wildman–Crippen LogP) is 1.37. The second-order valence-corrected chi connectivity index (χ2v) is 1.89. The van der Waals surface area contributed by atoms with Crippen molar-refractivity contribution in [3.63, 3.8) is 0 Å². The van der Waals surface area contributed by atoms with Gasteiger partial charge in [-0.15, -0.1) is 0 Å². The van der Waals surface area contributed by atoms with Gasteiger partial charge in [0.1, 0.15) is 5.57 Å². The molecule has 0 aliphatic carbocycles. The van der Waals surface area contributed by atoms with Gasteiger partial charge >= 0.3 is 6.18 Å². The average Bonchev–Trinajstić information content (AvgIpc) is 1.79. The Labute approximate surface area is 61.9 Å². The zero-order valence-electron chi connectivity index (χ0n) is 5.90. The maximum atomic E-state index is 11.8. The van der Waals surface area contributed by atoms with Gasteiger partial charge in [-0.2, -0.15) is 13.2 Å².